The van der Waals surface area contributed by atoms with Gasteiger partial charge in [-0.15, -0.1) is 0 Å². The molecule has 0 aliphatic carbocycles. The van der Waals surface area contributed by atoms with Crippen LogP contribution in [0.2, 0.25) is 0 Å². The number of sulfonamides is 1. The first-order chi connectivity index (χ1) is 13.9. The van der Waals surface area contributed by atoms with Gasteiger partial charge in [0.2, 0.25) is 5.91 Å². The molecule has 1 aromatic heterocycles. The van der Waals surface area contributed by atoms with Crippen LogP contribution < -0.4 is 9.62 Å². The Morgan fingerprint density at radius 1 is 1.10 bits per heavy atom. The van der Waals surface area contributed by atoms with Crippen LogP contribution in [-0.2, 0) is 14.8 Å². The molecule has 29 heavy (non-hydrogen) atoms. The molecule has 0 aliphatic rings. The number of carbonyl (C=O) groups is 1. The number of hydrogen-bond acceptors (Lipinski definition) is 5. The smallest absolute Gasteiger partial charge is 0.265 e. The Bertz CT molecular complexity index is 1060. The van der Waals surface area contributed by atoms with Crippen LogP contribution in [0.15, 0.2) is 71.8 Å². The van der Waals surface area contributed by atoms with Crippen molar-refractivity contribution in [3.8, 4) is 5.69 Å². The van der Waals surface area contributed by atoms with E-state index in [0.29, 0.717) is 11.5 Å². The first-order valence-electron chi connectivity index (χ1n) is 9.04. The van der Waals surface area contributed by atoms with Gasteiger partial charge in [-0.25, -0.2) is 17.4 Å². The van der Waals surface area contributed by atoms with Crippen LogP contribution in [0, 0.1) is 0 Å². The van der Waals surface area contributed by atoms with Gasteiger partial charge in [0.05, 0.1) is 16.8 Å². The molecule has 3 aromatic rings. The molecule has 0 aliphatic heterocycles. The van der Waals surface area contributed by atoms with Gasteiger partial charge in [0, 0.05) is 31.8 Å². The summed E-state index contributed by atoms with van der Waals surface area (Å²) in [6.07, 6.45) is 1.80. The van der Waals surface area contributed by atoms with Crippen molar-refractivity contribution in [3.63, 3.8) is 0 Å². The van der Waals surface area contributed by atoms with Crippen molar-refractivity contribution in [1.82, 2.24) is 9.78 Å². The lowest BCUT2D eigenvalue weighted by atomic mass is 10.3. The lowest BCUT2D eigenvalue weighted by molar-refractivity contribution is -0.114. The van der Waals surface area contributed by atoms with Crippen molar-refractivity contribution in [2.75, 3.05) is 22.8 Å². The second-order valence-corrected chi connectivity index (χ2v) is 8.16. The number of aliphatic hydroxyl groups is 1. The Balaban J connectivity index is 2.01. The van der Waals surface area contributed by atoms with Crippen molar-refractivity contribution in [1.29, 1.82) is 0 Å². The van der Waals surface area contributed by atoms with Crippen molar-refractivity contribution < 1.29 is 18.3 Å². The maximum atomic E-state index is 13.4. The molecule has 0 saturated carbocycles. The minimum atomic E-state index is -3.92. The van der Waals surface area contributed by atoms with Gasteiger partial charge in [0.1, 0.15) is 5.82 Å². The van der Waals surface area contributed by atoms with E-state index in [-0.39, 0.29) is 30.4 Å². The third-order valence-corrected chi connectivity index (χ3v) is 5.98. The lowest BCUT2D eigenvalue weighted by Gasteiger charge is -2.25. The third-order valence-electron chi connectivity index (χ3n) is 4.16. The fourth-order valence-corrected chi connectivity index (χ4v) is 4.35. The summed E-state index contributed by atoms with van der Waals surface area (Å²) < 4.78 is 29.5. The number of aromatic nitrogens is 2. The van der Waals surface area contributed by atoms with Crippen molar-refractivity contribution in [2.24, 2.45) is 0 Å². The van der Waals surface area contributed by atoms with E-state index in [9.17, 15) is 18.3 Å². The average Bonchev–Trinajstić information content (AvgIpc) is 3.18. The van der Waals surface area contributed by atoms with Crippen molar-refractivity contribution in [2.45, 2.75) is 18.2 Å². The molecule has 1 amide bonds. The molecule has 9 heteroatoms. The standard InChI is InChI=1S/C20H22N4O4S/c1-16(26)22-17-8-10-19(11-9-17)29(27,28)23(14-5-15-25)20-12-13-21-24(20)18-6-3-2-4-7-18/h2-4,6-13,25H,5,14-15H2,1H3,(H,22,26). The highest BCUT2D eigenvalue weighted by atomic mass is 32.2. The lowest BCUT2D eigenvalue weighted by Crippen LogP contribution is -2.34. The zero-order chi connectivity index (χ0) is 20.9. The van der Waals surface area contributed by atoms with Gasteiger partial charge in [0.25, 0.3) is 10.0 Å². The molecule has 8 nitrogen and oxygen atoms in total. The summed E-state index contributed by atoms with van der Waals surface area (Å²) >= 11 is 0. The predicted octanol–water partition coefficient (Wildman–Crippen LogP) is 2.41. The van der Waals surface area contributed by atoms with E-state index in [1.807, 2.05) is 30.3 Å². The SMILES string of the molecule is CC(=O)Nc1ccc(S(=O)(=O)N(CCCO)c2ccnn2-c2ccccc2)cc1. The highest BCUT2D eigenvalue weighted by molar-refractivity contribution is 7.92. The number of para-hydroxylation sites is 1. The van der Waals surface area contributed by atoms with E-state index in [4.69, 9.17) is 0 Å². The summed E-state index contributed by atoms with van der Waals surface area (Å²) in [6.45, 7) is 1.32. The number of nitrogens with one attached hydrogen (secondary N) is 1. The van der Waals surface area contributed by atoms with Crippen LogP contribution in [0.5, 0.6) is 0 Å². The Morgan fingerprint density at radius 3 is 2.41 bits per heavy atom. The topological polar surface area (TPSA) is 105 Å². The minimum Gasteiger partial charge on any atom is -0.396 e. The zero-order valence-corrected chi connectivity index (χ0v) is 16.7. The molecule has 0 spiro atoms. The molecule has 152 valence electrons. The molecular formula is C20H22N4O4S. The largest absolute Gasteiger partial charge is 0.396 e. The Hall–Kier alpha value is -3.17. The van der Waals surface area contributed by atoms with E-state index in [0.717, 1.165) is 5.69 Å². The number of amides is 1. The summed E-state index contributed by atoms with van der Waals surface area (Å²) in [6, 6.07) is 16.8. The maximum Gasteiger partial charge on any atom is 0.265 e. The van der Waals surface area contributed by atoms with E-state index in [1.54, 1.807) is 10.7 Å². The summed E-state index contributed by atoms with van der Waals surface area (Å²) in [4.78, 5) is 11.3. The molecule has 0 saturated heterocycles. The molecule has 0 bridgehead atoms. The molecule has 3 rings (SSSR count). The van der Waals surface area contributed by atoms with E-state index < -0.39 is 10.0 Å². The normalized spacial score (nSPS) is 11.2. The van der Waals surface area contributed by atoms with Crippen LogP contribution >= 0.6 is 0 Å². The molecule has 0 radical (unpaired) electrons. The first kappa shape index (κ1) is 20.6. The van der Waals surface area contributed by atoms with Crippen LogP contribution in [0.1, 0.15) is 13.3 Å². The van der Waals surface area contributed by atoms with Gasteiger partial charge in [-0.3, -0.25) is 4.79 Å². The second-order valence-electron chi connectivity index (χ2n) is 6.30. The highest BCUT2D eigenvalue weighted by Crippen LogP contribution is 2.27. The molecule has 0 atom stereocenters. The fraction of sp³-hybridized carbons (Fsp3) is 0.200. The third kappa shape index (κ3) is 4.64. The fourth-order valence-electron chi connectivity index (χ4n) is 2.87. The summed E-state index contributed by atoms with van der Waals surface area (Å²) in [5.41, 5.74) is 1.23. The number of rotatable bonds is 8. The summed E-state index contributed by atoms with van der Waals surface area (Å²) in [7, 11) is -3.92. The Kier molecular flexibility index (Phi) is 6.30. The first-order valence-corrected chi connectivity index (χ1v) is 10.5. The average molecular weight is 414 g/mol. The molecular weight excluding hydrogens is 392 g/mol. The van der Waals surface area contributed by atoms with E-state index >= 15 is 0 Å². The molecule has 1 heterocycles. The van der Waals surface area contributed by atoms with Gasteiger partial charge < -0.3 is 10.4 Å². The highest BCUT2D eigenvalue weighted by Gasteiger charge is 2.27. The van der Waals surface area contributed by atoms with Crippen LogP contribution in [-0.4, -0.2) is 42.4 Å². The summed E-state index contributed by atoms with van der Waals surface area (Å²) in [5, 5.41) is 16.2. The Labute approximate surface area is 169 Å². The van der Waals surface area contributed by atoms with E-state index in [1.165, 1.54) is 41.7 Å². The number of aliphatic hydroxyl groups excluding tert-OH is 1. The quantitative estimate of drug-likeness (QED) is 0.589. The Morgan fingerprint density at radius 2 is 1.79 bits per heavy atom. The van der Waals surface area contributed by atoms with Crippen LogP contribution in [0.4, 0.5) is 11.5 Å². The molecule has 0 fully saturated rings. The molecule has 2 aromatic carbocycles. The van der Waals surface area contributed by atoms with Gasteiger partial charge in [-0.2, -0.15) is 5.10 Å². The van der Waals surface area contributed by atoms with Crippen LogP contribution in [0.3, 0.4) is 0 Å². The minimum absolute atomic E-state index is 0.0744. The van der Waals surface area contributed by atoms with Gasteiger partial charge in [0.15, 0.2) is 0 Å². The predicted molar refractivity (Wildman–Crippen MR) is 111 cm³/mol. The number of benzene rings is 2. The molecule has 0 unspecified atom stereocenters. The van der Waals surface area contributed by atoms with Crippen molar-refractivity contribution in [3.05, 3.63) is 66.9 Å². The van der Waals surface area contributed by atoms with Crippen LogP contribution in [0.25, 0.3) is 5.69 Å². The van der Waals surface area contributed by atoms with Gasteiger partial charge in [-0.1, -0.05) is 18.2 Å². The van der Waals surface area contributed by atoms with Gasteiger partial charge in [-0.05, 0) is 42.8 Å². The number of anilines is 2. The van der Waals surface area contributed by atoms with Gasteiger partial charge >= 0.3 is 0 Å². The van der Waals surface area contributed by atoms with E-state index in [2.05, 4.69) is 10.4 Å². The number of carbonyl (C=O) groups excluding carboxylic acids is 1. The second kappa shape index (κ2) is 8.89. The maximum absolute atomic E-state index is 13.4. The number of nitrogens with zero attached hydrogens (tertiary/aromatic N) is 3. The summed E-state index contributed by atoms with van der Waals surface area (Å²) in [5.74, 6) is 0.132. The number of hydrogen-bond donors (Lipinski definition) is 2. The monoisotopic (exact) mass is 414 g/mol. The van der Waals surface area contributed by atoms with Crippen molar-refractivity contribution >= 4 is 27.4 Å². The zero-order valence-electron chi connectivity index (χ0n) is 15.9. The molecule has 2 N–H and O–H groups in total.